The van der Waals surface area contributed by atoms with Crippen molar-refractivity contribution in [1.82, 2.24) is 4.90 Å². The summed E-state index contributed by atoms with van der Waals surface area (Å²) in [6.45, 7) is 5.40. The molecule has 1 fully saturated rings. The van der Waals surface area contributed by atoms with Gasteiger partial charge < -0.3 is 4.90 Å². The van der Waals surface area contributed by atoms with Crippen LogP contribution in [0.3, 0.4) is 0 Å². The summed E-state index contributed by atoms with van der Waals surface area (Å²) >= 11 is 0. The van der Waals surface area contributed by atoms with E-state index in [1.165, 1.54) is 31.5 Å². The predicted molar refractivity (Wildman–Crippen MR) is 68.1 cm³/mol. The normalized spacial score (nSPS) is 18.8. The second-order valence-electron chi connectivity index (χ2n) is 4.41. The Morgan fingerprint density at radius 2 is 1.81 bits per heavy atom. The zero-order valence-corrected chi connectivity index (χ0v) is 10.6. The van der Waals surface area contributed by atoms with Gasteiger partial charge in [-0.1, -0.05) is 17.7 Å². The molecule has 1 aliphatic heterocycles. The molecule has 2 rings (SSSR count). The molecule has 0 bridgehead atoms. The molecule has 1 unspecified atom stereocenters. The number of nitrogens with zero attached hydrogens (tertiary/aromatic N) is 1. The van der Waals surface area contributed by atoms with E-state index < -0.39 is 10.8 Å². The van der Waals surface area contributed by atoms with Gasteiger partial charge in [-0.15, -0.1) is 0 Å². The summed E-state index contributed by atoms with van der Waals surface area (Å²) in [5.74, 6) is 0.767. The van der Waals surface area contributed by atoms with E-state index in [4.69, 9.17) is 0 Å². The fourth-order valence-electron chi connectivity index (χ4n) is 2.03. The van der Waals surface area contributed by atoms with Crippen molar-refractivity contribution in [2.45, 2.75) is 24.7 Å². The molecule has 0 aromatic heterocycles. The van der Waals surface area contributed by atoms with Crippen molar-refractivity contribution < 1.29 is 4.21 Å². The molecule has 2 nitrogen and oxygen atoms in total. The van der Waals surface area contributed by atoms with Gasteiger partial charge in [0, 0.05) is 17.2 Å². The minimum absolute atomic E-state index is 0.767. The summed E-state index contributed by atoms with van der Waals surface area (Å²) in [6.07, 6.45) is 2.61. The standard InChI is InChI=1S/C13H19NOS/c1-12-4-6-13(7-5-12)16(15)11-10-14-8-2-3-9-14/h4-7H,2-3,8-11H2,1H3. The molecule has 0 saturated carbocycles. The molecule has 0 N–H and O–H groups in total. The van der Waals surface area contributed by atoms with Gasteiger partial charge in [0.1, 0.15) is 0 Å². The second kappa shape index (κ2) is 5.60. The maximum atomic E-state index is 12.0. The average Bonchev–Trinajstić information content (AvgIpc) is 2.80. The first-order chi connectivity index (χ1) is 7.75. The van der Waals surface area contributed by atoms with E-state index in [1.54, 1.807) is 0 Å². The fraction of sp³-hybridized carbons (Fsp3) is 0.538. The van der Waals surface area contributed by atoms with E-state index in [9.17, 15) is 4.21 Å². The highest BCUT2D eigenvalue weighted by molar-refractivity contribution is 7.85. The van der Waals surface area contributed by atoms with Gasteiger partial charge in [0.25, 0.3) is 0 Å². The summed E-state index contributed by atoms with van der Waals surface area (Å²) in [5.41, 5.74) is 1.22. The van der Waals surface area contributed by atoms with Crippen molar-refractivity contribution in [3.63, 3.8) is 0 Å². The number of hydrogen-bond donors (Lipinski definition) is 0. The van der Waals surface area contributed by atoms with Crippen molar-refractivity contribution in [3.8, 4) is 0 Å². The average molecular weight is 237 g/mol. The Bertz CT molecular complexity index is 355. The number of rotatable bonds is 4. The predicted octanol–water partition coefficient (Wildman–Crippen LogP) is 2.20. The lowest BCUT2D eigenvalue weighted by Gasteiger charge is -2.13. The Balaban J connectivity index is 1.85. The number of hydrogen-bond acceptors (Lipinski definition) is 2. The van der Waals surface area contributed by atoms with Crippen LogP contribution in [-0.4, -0.2) is 34.5 Å². The van der Waals surface area contributed by atoms with Gasteiger partial charge >= 0.3 is 0 Å². The minimum atomic E-state index is -0.829. The molecule has 0 radical (unpaired) electrons. The van der Waals surface area contributed by atoms with Crippen molar-refractivity contribution in [3.05, 3.63) is 29.8 Å². The third kappa shape index (κ3) is 3.16. The van der Waals surface area contributed by atoms with E-state index in [0.717, 1.165) is 17.2 Å². The van der Waals surface area contributed by atoms with Crippen molar-refractivity contribution >= 4 is 10.8 Å². The highest BCUT2D eigenvalue weighted by Gasteiger charge is 2.12. The summed E-state index contributed by atoms with van der Waals surface area (Å²) in [7, 11) is -0.829. The molecular formula is C13H19NOS. The molecule has 16 heavy (non-hydrogen) atoms. The van der Waals surface area contributed by atoms with Crippen LogP contribution in [-0.2, 0) is 10.8 Å². The summed E-state index contributed by atoms with van der Waals surface area (Å²) < 4.78 is 12.0. The van der Waals surface area contributed by atoms with Crippen LogP contribution in [0.2, 0.25) is 0 Å². The van der Waals surface area contributed by atoms with E-state index in [-0.39, 0.29) is 0 Å². The van der Waals surface area contributed by atoms with E-state index in [0.29, 0.717) is 0 Å². The lowest BCUT2D eigenvalue weighted by Crippen LogP contribution is -2.24. The highest BCUT2D eigenvalue weighted by atomic mass is 32.2. The fourth-order valence-corrected chi connectivity index (χ4v) is 3.13. The maximum absolute atomic E-state index is 12.0. The van der Waals surface area contributed by atoms with Crippen LogP contribution in [0, 0.1) is 6.92 Å². The number of aryl methyl sites for hydroxylation is 1. The van der Waals surface area contributed by atoms with Crippen LogP contribution in [0.4, 0.5) is 0 Å². The largest absolute Gasteiger partial charge is 0.302 e. The van der Waals surface area contributed by atoms with Gasteiger partial charge in [-0.2, -0.15) is 0 Å². The van der Waals surface area contributed by atoms with Gasteiger partial charge in [0.15, 0.2) is 0 Å². The van der Waals surface area contributed by atoms with Crippen molar-refractivity contribution in [2.75, 3.05) is 25.4 Å². The first-order valence-electron chi connectivity index (χ1n) is 5.93. The van der Waals surface area contributed by atoms with Crippen LogP contribution in [0.5, 0.6) is 0 Å². The zero-order chi connectivity index (χ0) is 11.4. The van der Waals surface area contributed by atoms with E-state index in [2.05, 4.69) is 11.8 Å². The monoisotopic (exact) mass is 237 g/mol. The number of benzene rings is 1. The Hall–Kier alpha value is -0.670. The van der Waals surface area contributed by atoms with Crippen LogP contribution in [0.1, 0.15) is 18.4 Å². The van der Waals surface area contributed by atoms with Crippen molar-refractivity contribution in [2.24, 2.45) is 0 Å². The smallest absolute Gasteiger partial charge is 0.0542 e. The third-order valence-corrected chi connectivity index (χ3v) is 4.43. The maximum Gasteiger partial charge on any atom is 0.0542 e. The first-order valence-corrected chi connectivity index (χ1v) is 7.25. The van der Waals surface area contributed by atoms with Gasteiger partial charge in [-0.3, -0.25) is 4.21 Å². The molecule has 0 amide bonds. The molecule has 88 valence electrons. The molecule has 1 aromatic rings. The van der Waals surface area contributed by atoms with E-state index >= 15 is 0 Å². The van der Waals surface area contributed by atoms with Crippen molar-refractivity contribution in [1.29, 1.82) is 0 Å². The molecule has 1 aromatic carbocycles. The van der Waals surface area contributed by atoms with Gasteiger partial charge in [0.05, 0.1) is 10.8 Å². The Morgan fingerprint density at radius 1 is 1.19 bits per heavy atom. The molecule has 0 spiro atoms. The Kier molecular flexibility index (Phi) is 4.13. The Morgan fingerprint density at radius 3 is 2.44 bits per heavy atom. The van der Waals surface area contributed by atoms with Crippen LogP contribution >= 0.6 is 0 Å². The van der Waals surface area contributed by atoms with Gasteiger partial charge in [0.2, 0.25) is 0 Å². The SMILES string of the molecule is Cc1ccc(S(=O)CCN2CCCC2)cc1. The number of likely N-dealkylation sites (tertiary alicyclic amines) is 1. The first kappa shape index (κ1) is 11.8. The summed E-state index contributed by atoms with van der Waals surface area (Å²) in [4.78, 5) is 3.37. The topological polar surface area (TPSA) is 20.3 Å². The van der Waals surface area contributed by atoms with Crippen LogP contribution in [0.25, 0.3) is 0 Å². The molecule has 1 saturated heterocycles. The second-order valence-corrected chi connectivity index (χ2v) is 5.98. The Labute approximate surface area is 100 Å². The highest BCUT2D eigenvalue weighted by Crippen LogP contribution is 2.11. The molecule has 1 atom stereocenters. The quantitative estimate of drug-likeness (QED) is 0.800. The van der Waals surface area contributed by atoms with Crippen LogP contribution < -0.4 is 0 Å². The lowest BCUT2D eigenvalue weighted by molar-refractivity contribution is 0.361. The summed E-state index contributed by atoms with van der Waals surface area (Å²) in [6, 6.07) is 8.02. The molecule has 1 aliphatic rings. The van der Waals surface area contributed by atoms with Gasteiger partial charge in [-0.05, 0) is 45.0 Å². The third-order valence-electron chi connectivity index (χ3n) is 3.08. The molecule has 3 heteroatoms. The summed E-state index contributed by atoms with van der Waals surface area (Å²) in [5, 5.41) is 0. The zero-order valence-electron chi connectivity index (χ0n) is 9.82. The van der Waals surface area contributed by atoms with Gasteiger partial charge in [-0.25, -0.2) is 0 Å². The van der Waals surface area contributed by atoms with E-state index in [1.807, 2.05) is 24.3 Å². The molecule has 0 aliphatic carbocycles. The van der Waals surface area contributed by atoms with Crippen LogP contribution in [0.15, 0.2) is 29.2 Å². The minimum Gasteiger partial charge on any atom is -0.302 e. The molecular weight excluding hydrogens is 218 g/mol. The lowest BCUT2D eigenvalue weighted by atomic mass is 10.2. The molecule has 1 heterocycles.